The lowest BCUT2D eigenvalue weighted by Gasteiger charge is -2.27. The predicted molar refractivity (Wildman–Crippen MR) is 145 cm³/mol. The van der Waals surface area contributed by atoms with Crippen molar-refractivity contribution in [3.8, 4) is 0 Å². The first-order valence-corrected chi connectivity index (χ1v) is 14.3. The molecule has 4 rings (SSSR count). The van der Waals surface area contributed by atoms with Crippen LogP contribution >= 0.6 is 0 Å². The molecule has 1 fully saturated rings. The Balaban J connectivity index is 1.39. The molecule has 0 unspecified atom stereocenters. The third-order valence-corrected chi connectivity index (χ3v) is 7.77. The predicted octanol–water partition coefficient (Wildman–Crippen LogP) is 4.88. The lowest BCUT2D eigenvalue weighted by Crippen LogP contribution is -2.30. The minimum absolute atomic E-state index is 0.145. The van der Waals surface area contributed by atoms with Crippen molar-refractivity contribution in [1.82, 2.24) is 10.2 Å². The number of piperidine rings is 1. The highest BCUT2D eigenvalue weighted by atomic mass is 32.2. The zero-order chi connectivity index (χ0) is 25.5. The number of nitrogens with zero attached hydrogens (tertiary/aromatic N) is 2. The summed E-state index contributed by atoms with van der Waals surface area (Å²) in [6.45, 7) is 5.79. The molecular weight excluding hydrogens is 470 g/mol. The molecule has 0 saturated carbocycles. The Kier molecular flexibility index (Phi) is 8.44. The number of nitrogens with one attached hydrogen (secondary N) is 1. The van der Waals surface area contributed by atoms with Crippen LogP contribution in [0.1, 0.15) is 51.9 Å². The average Bonchev–Trinajstić information content (AvgIpc) is 2.87. The first-order chi connectivity index (χ1) is 17.3. The van der Waals surface area contributed by atoms with Crippen molar-refractivity contribution in [2.75, 3.05) is 23.7 Å². The number of hydrogen-bond donors (Lipinski definition) is 1. The van der Waals surface area contributed by atoms with E-state index in [0.717, 1.165) is 36.3 Å². The maximum absolute atomic E-state index is 12.8. The Hall–Kier alpha value is -3.16. The van der Waals surface area contributed by atoms with Crippen LogP contribution in [0.15, 0.2) is 72.8 Å². The number of rotatable bonds is 9. The number of likely N-dealkylation sites (tertiary alicyclic amines) is 1. The number of anilines is 1. The number of carbonyl (C=O) groups excluding carboxylic acids is 1. The first kappa shape index (κ1) is 25.9. The van der Waals surface area contributed by atoms with Crippen molar-refractivity contribution in [3.05, 3.63) is 101 Å². The van der Waals surface area contributed by atoms with Gasteiger partial charge in [0.15, 0.2) is 0 Å². The second kappa shape index (κ2) is 11.7. The van der Waals surface area contributed by atoms with Gasteiger partial charge in [-0.25, -0.2) is 8.42 Å². The average molecular weight is 506 g/mol. The molecular formula is C29H35N3O3S. The van der Waals surface area contributed by atoms with E-state index in [-0.39, 0.29) is 12.5 Å². The van der Waals surface area contributed by atoms with Crippen LogP contribution in [0.4, 0.5) is 5.69 Å². The Labute approximate surface area is 215 Å². The summed E-state index contributed by atoms with van der Waals surface area (Å²) in [5.74, 6) is -0.145. The Bertz CT molecular complexity index is 1280. The number of hydrogen-bond acceptors (Lipinski definition) is 4. The standard InChI is InChI=1S/C29H35N3O3S/c1-23-9-8-12-28(19-23)32(36(2,34)35)21-24-13-15-25(16-14-24)29(33)30-20-26-10-4-5-11-27(26)22-31-17-6-3-7-18-31/h4-5,8-16,19H,3,6-7,17-18,20-22H2,1-2H3,(H,30,33). The second-order valence-electron chi connectivity index (χ2n) is 9.59. The van der Waals surface area contributed by atoms with Gasteiger partial charge in [-0.2, -0.15) is 0 Å². The summed E-state index contributed by atoms with van der Waals surface area (Å²) < 4.78 is 26.3. The first-order valence-electron chi connectivity index (χ1n) is 12.5. The number of sulfonamides is 1. The SMILES string of the molecule is Cc1cccc(N(Cc2ccc(C(=O)NCc3ccccc3CN3CCCCC3)cc2)S(C)(=O)=O)c1. The van der Waals surface area contributed by atoms with Crippen LogP contribution in [-0.4, -0.2) is 38.6 Å². The maximum Gasteiger partial charge on any atom is 0.251 e. The van der Waals surface area contributed by atoms with Gasteiger partial charge in [0.2, 0.25) is 10.0 Å². The van der Waals surface area contributed by atoms with Gasteiger partial charge in [-0.15, -0.1) is 0 Å². The van der Waals surface area contributed by atoms with E-state index in [9.17, 15) is 13.2 Å². The molecule has 1 aliphatic rings. The number of aryl methyl sites for hydroxylation is 1. The van der Waals surface area contributed by atoms with Crippen LogP contribution < -0.4 is 9.62 Å². The van der Waals surface area contributed by atoms with Crippen LogP contribution in [0.2, 0.25) is 0 Å². The quantitative estimate of drug-likeness (QED) is 0.450. The molecule has 1 heterocycles. The van der Waals surface area contributed by atoms with Crippen LogP contribution in [-0.2, 0) is 29.7 Å². The molecule has 1 aliphatic heterocycles. The van der Waals surface area contributed by atoms with E-state index in [0.29, 0.717) is 17.8 Å². The fourth-order valence-corrected chi connectivity index (χ4v) is 5.51. The van der Waals surface area contributed by atoms with Gasteiger partial charge in [0, 0.05) is 18.7 Å². The Morgan fingerprint density at radius 3 is 2.28 bits per heavy atom. The van der Waals surface area contributed by atoms with Crippen molar-refractivity contribution < 1.29 is 13.2 Å². The van der Waals surface area contributed by atoms with E-state index in [1.807, 2.05) is 43.3 Å². The molecule has 190 valence electrons. The number of amides is 1. The molecule has 0 aromatic heterocycles. The lowest BCUT2D eigenvalue weighted by molar-refractivity contribution is 0.0950. The van der Waals surface area contributed by atoms with Crippen molar-refractivity contribution >= 4 is 21.6 Å². The maximum atomic E-state index is 12.8. The molecule has 0 aliphatic carbocycles. The zero-order valence-corrected chi connectivity index (χ0v) is 21.9. The van der Waals surface area contributed by atoms with Gasteiger partial charge in [0.25, 0.3) is 5.91 Å². The van der Waals surface area contributed by atoms with E-state index < -0.39 is 10.0 Å². The Morgan fingerprint density at radius 2 is 1.61 bits per heavy atom. The summed E-state index contributed by atoms with van der Waals surface area (Å²) in [7, 11) is -3.46. The lowest BCUT2D eigenvalue weighted by atomic mass is 10.0. The van der Waals surface area contributed by atoms with Gasteiger partial charge in [-0.05, 0) is 79.4 Å². The van der Waals surface area contributed by atoms with Gasteiger partial charge in [0.1, 0.15) is 0 Å². The van der Waals surface area contributed by atoms with Gasteiger partial charge in [-0.1, -0.05) is 55.0 Å². The molecule has 7 heteroatoms. The molecule has 1 amide bonds. The summed E-state index contributed by atoms with van der Waals surface area (Å²) in [6, 6.07) is 22.8. The normalized spacial score (nSPS) is 14.4. The van der Waals surface area contributed by atoms with Crippen LogP contribution in [0.5, 0.6) is 0 Å². The largest absolute Gasteiger partial charge is 0.348 e. The number of carbonyl (C=O) groups is 1. The third kappa shape index (κ3) is 6.95. The molecule has 6 nitrogen and oxygen atoms in total. The Morgan fingerprint density at radius 1 is 0.917 bits per heavy atom. The molecule has 1 saturated heterocycles. The fraction of sp³-hybridized carbons (Fsp3) is 0.345. The molecule has 1 N–H and O–H groups in total. The van der Waals surface area contributed by atoms with Crippen molar-refractivity contribution in [1.29, 1.82) is 0 Å². The van der Waals surface area contributed by atoms with Crippen LogP contribution in [0, 0.1) is 6.92 Å². The van der Waals surface area contributed by atoms with Gasteiger partial charge >= 0.3 is 0 Å². The zero-order valence-electron chi connectivity index (χ0n) is 21.1. The van der Waals surface area contributed by atoms with E-state index in [2.05, 4.69) is 28.4 Å². The molecule has 0 bridgehead atoms. The van der Waals surface area contributed by atoms with Crippen LogP contribution in [0.3, 0.4) is 0 Å². The summed E-state index contributed by atoms with van der Waals surface area (Å²) in [6.07, 6.45) is 5.02. The number of benzene rings is 3. The van der Waals surface area contributed by atoms with E-state index in [1.165, 1.54) is 35.4 Å². The second-order valence-corrected chi connectivity index (χ2v) is 11.5. The molecule has 0 atom stereocenters. The van der Waals surface area contributed by atoms with Gasteiger partial charge in [-0.3, -0.25) is 14.0 Å². The van der Waals surface area contributed by atoms with Crippen LogP contribution in [0.25, 0.3) is 0 Å². The van der Waals surface area contributed by atoms with Gasteiger partial charge in [0.05, 0.1) is 18.5 Å². The molecule has 36 heavy (non-hydrogen) atoms. The monoisotopic (exact) mass is 505 g/mol. The smallest absolute Gasteiger partial charge is 0.251 e. The van der Waals surface area contributed by atoms with Crippen molar-refractivity contribution in [3.63, 3.8) is 0 Å². The molecule has 3 aromatic rings. The fourth-order valence-electron chi connectivity index (χ4n) is 4.63. The summed E-state index contributed by atoms with van der Waals surface area (Å²) in [4.78, 5) is 15.3. The molecule has 0 radical (unpaired) electrons. The van der Waals surface area contributed by atoms with E-state index in [1.54, 1.807) is 18.2 Å². The summed E-state index contributed by atoms with van der Waals surface area (Å²) in [5, 5.41) is 3.05. The minimum atomic E-state index is -3.46. The summed E-state index contributed by atoms with van der Waals surface area (Å²) >= 11 is 0. The van der Waals surface area contributed by atoms with E-state index in [4.69, 9.17) is 0 Å². The minimum Gasteiger partial charge on any atom is -0.348 e. The highest BCUT2D eigenvalue weighted by Gasteiger charge is 2.18. The molecule has 3 aromatic carbocycles. The van der Waals surface area contributed by atoms with Crippen molar-refractivity contribution in [2.45, 2.75) is 45.8 Å². The highest BCUT2D eigenvalue weighted by Crippen LogP contribution is 2.22. The van der Waals surface area contributed by atoms with Crippen molar-refractivity contribution in [2.24, 2.45) is 0 Å². The highest BCUT2D eigenvalue weighted by molar-refractivity contribution is 7.92. The van der Waals surface area contributed by atoms with E-state index >= 15 is 0 Å². The van der Waals surface area contributed by atoms with Gasteiger partial charge < -0.3 is 5.32 Å². The summed E-state index contributed by atoms with van der Waals surface area (Å²) in [5.41, 5.74) is 5.37. The third-order valence-electron chi connectivity index (χ3n) is 6.63. The molecule has 0 spiro atoms. The topological polar surface area (TPSA) is 69.7 Å².